The molecule has 104 valence electrons. The van der Waals surface area contributed by atoms with Crippen LogP contribution in [0.3, 0.4) is 0 Å². The van der Waals surface area contributed by atoms with Gasteiger partial charge in [0.2, 0.25) is 0 Å². The highest BCUT2D eigenvalue weighted by Crippen LogP contribution is 2.41. The summed E-state index contributed by atoms with van der Waals surface area (Å²) in [5, 5.41) is 10.1. The summed E-state index contributed by atoms with van der Waals surface area (Å²) in [6.07, 6.45) is -1.15. The Hall–Kier alpha value is -1.94. The van der Waals surface area contributed by atoms with Gasteiger partial charge in [-0.1, -0.05) is 11.6 Å². The van der Waals surface area contributed by atoms with E-state index in [0.717, 1.165) is 5.56 Å². The first-order valence-corrected chi connectivity index (χ1v) is 6.45. The van der Waals surface area contributed by atoms with Crippen LogP contribution in [0.25, 0.3) is 0 Å². The zero-order valence-electron chi connectivity index (χ0n) is 10.9. The van der Waals surface area contributed by atoms with Crippen LogP contribution in [0.4, 0.5) is 8.78 Å². The van der Waals surface area contributed by atoms with Crippen molar-refractivity contribution in [1.82, 2.24) is 0 Å². The Bertz CT molecular complexity index is 655. The molecule has 2 nitrogen and oxygen atoms in total. The van der Waals surface area contributed by atoms with Gasteiger partial charge in [-0.2, -0.15) is 0 Å². The lowest BCUT2D eigenvalue weighted by atomic mass is 9.94. The molecule has 1 aliphatic rings. The van der Waals surface area contributed by atoms with Crippen LogP contribution in [0.2, 0.25) is 0 Å². The minimum atomic E-state index is -0.788. The number of fused-ring (bicyclic) bond motifs is 1. The van der Waals surface area contributed by atoms with Gasteiger partial charge in [-0.05, 0) is 31.2 Å². The van der Waals surface area contributed by atoms with E-state index in [1.807, 2.05) is 6.92 Å². The predicted octanol–water partition coefficient (Wildman–Crippen LogP) is 3.83. The van der Waals surface area contributed by atoms with E-state index < -0.39 is 18.0 Å². The molecule has 0 bridgehead atoms. The summed E-state index contributed by atoms with van der Waals surface area (Å²) in [7, 11) is 0. The number of aliphatic hydroxyl groups is 1. The highest BCUT2D eigenvalue weighted by molar-refractivity contribution is 5.39. The van der Waals surface area contributed by atoms with Crippen molar-refractivity contribution < 1.29 is 18.6 Å². The van der Waals surface area contributed by atoms with Crippen molar-refractivity contribution in [2.75, 3.05) is 0 Å². The van der Waals surface area contributed by atoms with Crippen molar-refractivity contribution >= 4 is 0 Å². The lowest BCUT2D eigenvalue weighted by Crippen LogP contribution is -2.20. The van der Waals surface area contributed by atoms with Crippen molar-refractivity contribution in [2.45, 2.75) is 25.6 Å². The van der Waals surface area contributed by atoms with Gasteiger partial charge in [0.05, 0.1) is 6.10 Å². The van der Waals surface area contributed by atoms with Gasteiger partial charge in [0.1, 0.15) is 23.5 Å². The molecule has 1 N–H and O–H groups in total. The molecule has 0 amide bonds. The second-order valence-electron chi connectivity index (χ2n) is 5.07. The van der Waals surface area contributed by atoms with E-state index in [9.17, 15) is 13.9 Å². The molecular weight excluding hydrogens is 262 g/mol. The minimum absolute atomic E-state index is 0.249. The van der Waals surface area contributed by atoms with E-state index in [-0.39, 0.29) is 18.0 Å². The van der Waals surface area contributed by atoms with Crippen LogP contribution in [-0.2, 0) is 0 Å². The molecule has 1 aliphatic heterocycles. The van der Waals surface area contributed by atoms with Gasteiger partial charge in [-0.3, -0.25) is 0 Å². The number of aliphatic hydroxyl groups excluding tert-OH is 1. The quantitative estimate of drug-likeness (QED) is 0.857. The number of aryl methyl sites for hydroxylation is 1. The van der Waals surface area contributed by atoms with Gasteiger partial charge in [0, 0.05) is 23.6 Å². The van der Waals surface area contributed by atoms with Gasteiger partial charge in [-0.15, -0.1) is 0 Å². The fraction of sp³-hybridized carbons (Fsp3) is 0.250. The Balaban J connectivity index is 2.00. The zero-order chi connectivity index (χ0) is 14.3. The number of ether oxygens (including phenoxy) is 1. The molecule has 0 fully saturated rings. The highest BCUT2D eigenvalue weighted by atomic mass is 19.1. The lowest BCUT2D eigenvalue weighted by Gasteiger charge is -2.30. The number of benzene rings is 2. The molecule has 0 saturated carbocycles. The second kappa shape index (κ2) is 4.87. The van der Waals surface area contributed by atoms with Crippen LogP contribution in [0.15, 0.2) is 36.4 Å². The predicted molar refractivity (Wildman–Crippen MR) is 70.5 cm³/mol. The first-order valence-electron chi connectivity index (χ1n) is 6.45. The Morgan fingerprint density at radius 2 is 1.90 bits per heavy atom. The monoisotopic (exact) mass is 276 g/mol. The molecule has 2 aromatic rings. The van der Waals surface area contributed by atoms with Crippen LogP contribution in [0, 0.1) is 18.6 Å². The number of rotatable bonds is 1. The van der Waals surface area contributed by atoms with Crippen molar-refractivity contribution in [3.05, 3.63) is 64.7 Å². The molecule has 0 saturated heterocycles. The highest BCUT2D eigenvalue weighted by Gasteiger charge is 2.30. The van der Waals surface area contributed by atoms with Crippen LogP contribution in [0.1, 0.15) is 35.3 Å². The van der Waals surface area contributed by atoms with Gasteiger partial charge in [-0.25, -0.2) is 8.78 Å². The van der Waals surface area contributed by atoms with E-state index in [1.165, 1.54) is 24.3 Å². The minimum Gasteiger partial charge on any atom is -0.485 e. The van der Waals surface area contributed by atoms with Crippen molar-refractivity contribution in [3.63, 3.8) is 0 Å². The number of hydrogen-bond acceptors (Lipinski definition) is 2. The third-order valence-electron chi connectivity index (χ3n) is 3.54. The summed E-state index contributed by atoms with van der Waals surface area (Å²) < 4.78 is 32.8. The van der Waals surface area contributed by atoms with Gasteiger partial charge in [0.25, 0.3) is 0 Å². The normalized spacial score (nSPS) is 21.2. The SMILES string of the molecule is Cc1ccc(F)c(C2C[C@H](O)c3ccc(F)cc3O2)c1. The third-order valence-corrected chi connectivity index (χ3v) is 3.54. The molecule has 2 atom stereocenters. The Morgan fingerprint density at radius 1 is 1.10 bits per heavy atom. The average Bonchev–Trinajstić information content (AvgIpc) is 2.41. The Morgan fingerprint density at radius 3 is 2.70 bits per heavy atom. The second-order valence-corrected chi connectivity index (χ2v) is 5.07. The summed E-state index contributed by atoms with van der Waals surface area (Å²) >= 11 is 0. The Labute approximate surface area is 115 Å². The molecular formula is C16H14F2O2. The smallest absolute Gasteiger partial charge is 0.130 e. The van der Waals surface area contributed by atoms with E-state index in [2.05, 4.69) is 0 Å². The molecule has 1 heterocycles. The maximum Gasteiger partial charge on any atom is 0.130 e. The lowest BCUT2D eigenvalue weighted by molar-refractivity contribution is 0.0636. The average molecular weight is 276 g/mol. The van der Waals surface area contributed by atoms with Crippen LogP contribution < -0.4 is 4.74 Å². The van der Waals surface area contributed by atoms with Crippen LogP contribution >= 0.6 is 0 Å². The summed E-state index contributed by atoms with van der Waals surface area (Å²) in [5.74, 6) is -0.552. The molecule has 0 aliphatic carbocycles. The maximum absolute atomic E-state index is 13.9. The zero-order valence-corrected chi connectivity index (χ0v) is 10.9. The summed E-state index contributed by atoms with van der Waals surface area (Å²) in [6, 6.07) is 8.74. The Kier molecular flexibility index (Phi) is 3.18. The molecule has 0 radical (unpaired) electrons. The van der Waals surface area contributed by atoms with E-state index in [0.29, 0.717) is 11.1 Å². The number of hydrogen-bond donors (Lipinski definition) is 1. The van der Waals surface area contributed by atoms with Crippen molar-refractivity contribution in [1.29, 1.82) is 0 Å². The molecule has 3 rings (SSSR count). The first-order chi connectivity index (χ1) is 9.54. The molecule has 20 heavy (non-hydrogen) atoms. The van der Waals surface area contributed by atoms with Gasteiger partial charge >= 0.3 is 0 Å². The largest absolute Gasteiger partial charge is 0.485 e. The summed E-state index contributed by atoms with van der Waals surface area (Å²) in [4.78, 5) is 0. The van der Waals surface area contributed by atoms with Crippen LogP contribution in [-0.4, -0.2) is 5.11 Å². The maximum atomic E-state index is 13.9. The number of halogens is 2. The summed E-state index contributed by atoms with van der Waals surface area (Å²) in [5.41, 5.74) is 1.83. The van der Waals surface area contributed by atoms with Gasteiger partial charge in [0.15, 0.2) is 0 Å². The van der Waals surface area contributed by atoms with E-state index in [1.54, 1.807) is 12.1 Å². The molecule has 1 unspecified atom stereocenters. The molecule has 2 aromatic carbocycles. The first kappa shape index (κ1) is 13.1. The topological polar surface area (TPSA) is 29.5 Å². The van der Waals surface area contributed by atoms with E-state index >= 15 is 0 Å². The molecule has 4 heteroatoms. The molecule has 0 spiro atoms. The van der Waals surface area contributed by atoms with Crippen molar-refractivity contribution in [3.8, 4) is 5.75 Å². The van der Waals surface area contributed by atoms with Crippen molar-refractivity contribution in [2.24, 2.45) is 0 Å². The molecule has 0 aromatic heterocycles. The van der Waals surface area contributed by atoms with E-state index in [4.69, 9.17) is 4.74 Å². The third kappa shape index (κ3) is 2.27. The fourth-order valence-corrected chi connectivity index (χ4v) is 2.52. The fourth-order valence-electron chi connectivity index (χ4n) is 2.52. The van der Waals surface area contributed by atoms with Gasteiger partial charge < -0.3 is 9.84 Å². The standard InChI is InChI=1S/C16H14F2O2/c1-9-2-5-13(18)12(6-9)16-8-14(19)11-4-3-10(17)7-15(11)20-16/h2-7,14,16,19H,8H2,1H3/t14-,16?/m0/s1. The van der Waals surface area contributed by atoms with Crippen LogP contribution in [0.5, 0.6) is 5.75 Å². The summed E-state index contributed by atoms with van der Waals surface area (Å²) in [6.45, 7) is 1.86.